The zero-order valence-corrected chi connectivity index (χ0v) is 8.84. The van der Waals surface area contributed by atoms with E-state index in [9.17, 15) is 13.9 Å². The van der Waals surface area contributed by atoms with Gasteiger partial charge in [0.2, 0.25) is 0 Å². The molecule has 0 radical (unpaired) electrons. The molecule has 1 saturated heterocycles. The first-order valence-electron chi connectivity index (χ1n) is 5.08. The summed E-state index contributed by atoms with van der Waals surface area (Å²) in [5.41, 5.74) is -0.0647. The molecule has 14 heavy (non-hydrogen) atoms. The maximum absolute atomic E-state index is 12.2. The number of nitrogens with zero attached hydrogens (tertiary/aromatic N) is 1. The summed E-state index contributed by atoms with van der Waals surface area (Å²) in [5.74, 6) is 0. The van der Waals surface area contributed by atoms with Crippen LogP contribution in [0.25, 0.3) is 0 Å². The molecule has 0 aromatic carbocycles. The molecule has 1 fully saturated rings. The summed E-state index contributed by atoms with van der Waals surface area (Å²) in [6, 6.07) is 0. The predicted octanol–water partition coefficient (Wildman–Crippen LogP) is 1.73. The summed E-state index contributed by atoms with van der Waals surface area (Å²) in [6.07, 6.45) is -1.31. The number of rotatable bonds is 2. The number of hydrogen-bond donors (Lipinski definition) is 1. The average Bonchev–Trinajstić information content (AvgIpc) is 2.07. The highest BCUT2D eigenvalue weighted by molar-refractivity contribution is 4.82. The van der Waals surface area contributed by atoms with Crippen molar-refractivity contribution >= 4 is 0 Å². The minimum absolute atomic E-state index is 0.0647. The molecular formula is C10H19F2NO. The van der Waals surface area contributed by atoms with E-state index < -0.39 is 6.43 Å². The molecule has 1 N–H and O–H groups in total. The van der Waals surface area contributed by atoms with E-state index in [-0.39, 0.29) is 18.1 Å². The quantitative estimate of drug-likeness (QED) is 0.745. The summed E-state index contributed by atoms with van der Waals surface area (Å²) in [4.78, 5) is 1.75. The Hall–Kier alpha value is -0.220. The molecule has 1 rings (SSSR count). The highest BCUT2D eigenvalue weighted by Gasteiger charge is 2.29. The van der Waals surface area contributed by atoms with Gasteiger partial charge in [0.25, 0.3) is 6.43 Å². The average molecular weight is 207 g/mol. The van der Waals surface area contributed by atoms with Gasteiger partial charge in [-0.25, -0.2) is 8.78 Å². The van der Waals surface area contributed by atoms with Gasteiger partial charge in [-0.05, 0) is 18.3 Å². The highest BCUT2D eigenvalue weighted by Crippen LogP contribution is 2.28. The van der Waals surface area contributed by atoms with Crippen molar-refractivity contribution in [3.63, 3.8) is 0 Å². The van der Waals surface area contributed by atoms with Crippen LogP contribution in [0.1, 0.15) is 26.7 Å². The number of aliphatic hydroxyl groups is 1. The van der Waals surface area contributed by atoms with Crippen LogP contribution in [-0.4, -0.2) is 42.2 Å². The van der Waals surface area contributed by atoms with Crippen LogP contribution in [-0.2, 0) is 0 Å². The fourth-order valence-electron chi connectivity index (χ4n) is 2.17. The molecule has 4 heteroatoms. The lowest BCUT2D eigenvalue weighted by atomic mass is 9.87. The summed E-state index contributed by atoms with van der Waals surface area (Å²) in [6.45, 7) is 5.08. The van der Waals surface area contributed by atoms with Gasteiger partial charge in [-0.3, -0.25) is 4.90 Å². The molecule has 0 aliphatic carbocycles. The largest absolute Gasteiger partial charge is 0.393 e. The van der Waals surface area contributed by atoms with Crippen LogP contribution in [0.5, 0.6) is 0 Å². The molecule has 1 unspecified atom stereocenters. The standard InChI is InChI=1S/C10H19F2NO/c1-10(2)5-8(14)3-4-13(7-10)6-9(11)12/h8-9,14H,3-7H2,1-2H3. The van der Waals surface area contributed by atoms with Gasteiger partial charge in [-0.15, -0.1) is 0 Å². The van der Waals surface area contributed by atoms with Gasteiger partial charge in [0.15, 0.2) is 0 Å². The van der Waals surface area contributed by atoms with Gasteiger partial charge in [0.05, 0.1) is 12.6 Å². The van der Waals surface area contributed by atoms with Crippen molar-refractivity contribution in [3.8, 4) is 0 Å². The monoisotopic (exact) mass is 207 g/mol. The molecule has 0 saturated carbocycles. The summed E-state index contributed by atoms with van der Waals surface area (Å²) in [7, 11) is 0. The third-order valence-electron chi connectivity index (χ3n) is 2.61. The second kappa shape index (κ2) is 4.53. The van der Waals surface area contributed by atoms with Crippen LogP contribution >= 0.6 is 0 Å². The SMILES string of the molecule is CC1(C)CC(O)CCN(CC(F)F)C1. The van der Waals surface area contributed by atoms with Gasteiger partial charge in [0.1, 0.15) is 0 Å². The number of aliphatic hydroxyl groups excluding tert-OH is 1. The number of likely N-dealkylation sites (tertiary alicyclic amines) is 1. The van der Waals surface area contributed by atoms with Gasteiger partial charge in [-0.1, -0.05) is 13.8 Å². The first-order chi connectivity index (χ1) is 6.39. The molecule has 0 amide bonds. The van der Waals surface area contributed by atoms with Crippen LogP contribution in [0.3, 0.4) is 0 Å². The zero-order valence-electron chi connectivity index (χ0n) is 8.84. The van der Waals surface area contributed by atoms with Gasteiger partial charge >= 0.3 is 0 Å². The minimum Gasteiger partial charge on any atom is -0.393 e. The van der Waals surface area contributed by atoms with Gasteiger partial charge in [-0.2, -0.15) is 0 Å². The predicted molar refractivity (Wildman–Crippen MR) is 51.5 cm³/mol. The van der Waals surface area contributed by atoms with E-state index >= 15 is 0 Å². The fraction of sp³-hybridized carbons (Fsp3) is 1.00. The second-order valence-electron chi connectivity index (χ2n) is 4.94. The van der Waals surface area contributed by atoms with Crippen LogP contribution in [0.15, 0.2) is 0 Å². The summed E-state index contributed by atoms with van der Waals surface area (Å²) >= 11 is 0. The van der Waals surface area contributed by atoms with E-state index in [0.29, 0.717) is 25.9 Å². The number of halogens is 2. The normalized spacial score (nSPS) is 29.1. The minimum atomic E-state index is -2.28. The van der Waals surface area contributed by atoms with Crippen LogP contribution < -0.4 is 0 Å². The lowest BCUT2D eigenvalue weighted by Crippen LogP contribution is -2.35. The first kappa shape index (κ1) is 11.9. The molecule has 1 atom stereocenters. The van der Waals surface area contributed by atoms with Gasteiger partial charge < -0.3 is 5.11 Å². The Kier molecular flexibility index (Phi) is 3.84. The van der Waals surface area contributed by atoms with Gasteiger partial charge in [0, 0.05) is 13.1 Å². The molecular weight excluding hydrogens is 188 g/mol. The van der Waals surface area contributed by atoms with E-state index in [4.69, 9.17) is 0 Å². The van der Waals surface area contributed by atoms with E-state index in [0.717, 1.165) is 0 Å². The number of alkyl halides is 2. The Labute approximate surface area is 83.9 Å². The summed E-state index contributed by atoms with van der Waals surface area (Å²) < 4.78 is 24.4. The first-order valence-corrected chi connectivity index (χ1v) is 5.08. The third-order valence-corrected chi connectivity index (χ3v) is 2.61. The smallest absolute Gasteiger partial charge is 0.251 e. The van der Waals surface area contributed by atoms with Crippen LogP contribution in [0.2, 0.25) is 0 Å². The Bertz CT molecular complexity index is 185. The molecule has 84 valence electrons. The van der Waals surface area contributed by atoms with E-state index in [1.807, 2.05) is 13.8 Å². The zero-order chi connectivity index (χ0) is 10.8. The topological polar surface area (TPSA) is 23.5 Å². The van der Waals surface area contributed by atoms with E-state index in [1.165, 1.54) is 0 Å². The summed E-state index contributed by atoms with van der Waals surface area (Å²) in [5, 5.41) is 9.56. The molecule has 1 aliphatic rings. The van der Waals surface area contributed by atoms with Crippen LogP contribution in [0.4, 0.5) is 8.78 Å². The lowest BCUT2D eigenvalue weighted by Gasteiger charge is -2.29. The van der Waals surface area contributed by atoms with Crippen molar-refractivity contribution in [3.05, 3.63) is 0 Å². The Morgan fingerprint density at radius 2 is 2.14 bits per heavy atom. The molecule has 2 nitrogen and oxygen atoms in total. The fourth-order valence-corrected chi connectivity index (χ4v) is 2.17. The maximum Gasteiger partial charge on any atom is 0.251 e. The van der Waals surface area contributed by atoms with Crippen molar-refractivity contribution in [1.29, 1.82) is 0 Å². The highest BCUT2D eigenvalue weighted by atomic mass is 19.3. The Morgan fingerprint density at radius 1 is 1.50 bits per heavy atom. The Morgan fingerprint density at radius 3 is 2.71 bits per heavy atom. The van der Waals surface area contributed by atoms with Crippen molar-refractivity contribution in [2.75, 3.05) is 19.6 Å². The Balaban J connectivity index is 2.53. The van der Waals surface area contributed by atoms with E-state index in [2.05, 4.69) is 0 Å². The third kappa shape index (κ3) is 3.88. The molecule has 0 aromatic rings. The second-order valence-corrected chi connectivity index (χ2v) is 4.94. The van der Waals surface area contributed by atoms with Crippen molar-refractivity contribution in [2.45, 2.75) is 39.2 Å². The van der Waals surface area contributed by atoms with Crippen molar-refractivity contribution < 1.29 is 13.9 Å². The molecule has 1 aliphatic heterocycles. The molecule has 0 bridgehead atoms. The number of hydrogen-bond acceptors (Lipinski definition) is 2. The maximum atomic E-state index is 12.2. The van der Waals surface area contributed by atoms with Crippen molar-refractivity contribution in [2.24, 2.45) is 5.41 Å². The lowest BCUT2D eigenvalue weighted by molar-refractivity contribution is 0.0738. The van der Waals surface area contributed by atoms with Crippen LogP contribution in [0, 0.1) is 5.41 Å². The molecule has 1 heterocycles. The molecule has 0 aromatic heterocycles. The van der Waals surface area contributed by atoms with Crippen molar-refractivity contribution in [1.82, 2.24) is 4.90 Å². The van der Waals surface area contributed by atoms with E-state index in [1.54, 1.807) is 4.90 Å². The molecule has 0 spiro atoms.